The van der Waals surface area contributed by atoms with Crippen LogP contribution in [0.25, 0.3) is 0 Å². The van der Waals surface area contributed by atoms with Gasteiger partial charge in [-0.2, -0.15) is 13.2 Å². The van der Waals surface area contributed by atoms with Gasteiger partial charge < -0.3 is 10.6 Å². The lowest BCUT2D eigenvalue weighted by molar-refractivity contribution is -0.157. The van der Waals surface area contributed by atoms with E-state index in [-0.39, 0.29) is 17.9 Å². The molecule has 0 radical (unpaired) electrons. The van der Waals surface area contributed by atoms with Crippen molar-refractivity contribution < 1.29 is 22.8 Å². The number of anilines is 3. The SMILES string of the molecule is O=C1C[C@H](C(F)(F)F)N(C(=O)CNc2ccc(Br)cc2)c2ccccc2N1. The zero-order valence-corrected chi connectivity index (χ0v) is 15.5. The van der Waals surface area contributed by atoms with Crippen LogP contribution in [0.1, 0.15) is 6.42 Å². The van der Waals surface area contributed by atoms with Crippen molar-refractivity contribution in [3.05, 3.63) is 53.0 Å². The fourth-order valence-electron chi connectivity index (χ4n) is 2.83. The quantitative estimate of drug-likeness (QED) is 0.751. The lowest BCUT2D eigenvalue weighted by Crippen LogP contribution is -2.51. The Hall–Kier alpha value is -2.55. The summed E-state index contributed by atoms with van der Waals surface area (Å²) >= 11 is 3.28. The Balaban J connectivity index is 1.91. The summed E-state index contributed by atoms with van der Waals surface area (Å²) in [6.07, 6.45) is -5.61. The smallest absolute Gasteiger partial charge is 0.376 e. The first-order valence-electron chi connectivity index (χ1n) is 8.03. The third-order valence-electron chi connectivity index (χ3n) is 4.06. The van der Waals surface area contributed by atoms with Gasteiger partial charge in [-0.15, -0.1) is 0 Å². The summed E-state index contributed by atoms with van der Waals surface area (Å²) in [5.41, 5.74) is 0.784. The van der Waals surface area contributed by atoms with Crippen molar-refractivity contribution in [3.8, 4) is 0 Å². The highest BCUT2D eigenvalue weighted by atomic mass is 79.9. The van der Waals surface area contributed by atoms with Gasteiger partial charge in [-0.05, 0) is 36.4 Å². The maximum Gasteiger partial charge on any atom is 0.409 e. The van der Waals surface area contributed by atoms with Crippen molar-refractivity contribution in [2.24, 2.45) is 0 Å². The van der Waals surface area contributed by atoms with Gasteiger partial charge >= 0.3 is 6.18 Å². The molecule has 2 N–H and O–H groups in total. The van der Waals surface area contributed by atoms with Crippen molar-refractivity contribution in [2.45, 2.75) is 18.6 Å². The van der Waals surface area contributed by atoms with Crippen molar-refractivity contribution in [1.82, 2.24) is 0 Å². The highest BCUT2D eigenvalue weighted by molar-refractivity contribution is 9.10. The molecule has 0 spiro atoms. The molecule has 0 unspecified atom stereocenters. The van der Waals surface area contributed by atoms with E-state index < -0.39 is 30.5 Å². The molecular formula is C18H15BrF3N3O2. The maximum atomic E-state index is 13.6. The molecule has 2 amide bonds. The topological polar surface area (TPSA) is 61.4 Å². The summed E-state index contributed by atoms with van der Waals surface area (Å²) < 4.78 is 41.7. The minimum atomic E-state index is -4.75. The first kappa shape index (κ1) is 19.2. The Morgan fingerprint density at radius 1 is 1.19 bits per heavy atom. The van der Waals surface area contributed by atoms with E-state index in [1.165, 1.54) is 18.2 Å². The lowest BCUT2D eigenvalue weighted by Gasteiger charge is -2.31. The molecule has 0 saturated heterocycles. The van der Waals surface area contributed by atoms with Crippen molar-refractivity contribution in [2.75, 3.05) is 22.1 Å². The first-order valence-corrected chi connectivity index (χ1v) is 8.82. The van der Waals surface area contributed by atoms with Crippen molar-refractivity contribution in [3.63, 3.8) is 0 Å². The molecule has 0 fully saturated rings. The molecule has 0 aromatic heterocycles. The highest BCUT2D eigenvalue weighted by Gasteiger charge is 2.48. The average molecular weight is 442 g/mol. The number of halogens is 4. The molecule has 27 heavy (non-hydrogen) atoms. The van der Waals surface area contributed by atoms with Crippen LogP contribution < -0.4 is 15.5 Å². The molecule has 1 atom stereocenters. The van der Waals surface area contributed by atoms with E-state index in [0.29, 0.717) is 10.6 Å². The molecule has 1 aliphatic rings. The average Bonchev–Trinajstić information content (AvgIpc) is 2.76. The second kappa shape index (κ2) is 7.59. The summed E-state index contributed by atoms with van der Waals surface area (Å²) in [6.45, 7) is -0.350. The van der Waals surface area contributed by atoms with Crippen LogP contribution in [0.15, 0.2) is 53.0 Å². The maximum absolute atomic E-state index is 13.6. The number of carbonyl (C=O) groups is 2. The van der Waals surface area contributed by atoms with Crippen LogP contribution >= 0.6 is 15.9 Å². The molecule has 0 aliphatic carbocycles. The Labute approximate surface area is 161 Å². The third-order valence-corrected chi connectivity index (χ3v) is 4.59. The Bertz CT molecular complexity index is 856. The number of rotatable bonds is 3. The summed E-state index contributed by atoms with van der Waals surface area (Å²) in [5, 5.41) is 5.25. The van der Waals surface area contributed by atoms with E-state index in [9.17, 15) is 22.8 Å². The van der Waals surface area contributed by atoms with Gasteiger partial charge in [0.25, 0.3) is 0 Å². The number of alkyl halides is 3. The normalized spacial score (nSPS) is 17.0. The van der Waals surface area contributed by atoms with E-state index >= 15 is 0 Å². The zero-order chi connectivity index (χ0) is 19.6. The second-order valence-corrected chi connectivity index (χ2v) is 6.87. The van der Waals surface area contributed by atoms with Crippen LogP contribution in [0.3, 0.4) is 0 Å². The number of fused-ring (bicyclic) bond motifs is 1. The summed E-state index contributed by atoms with van der Waals surface area (Å²) in [7, 11) is 0. The van der Waals surface area contributed by atoms with Crippen LogP contribution in [-0.4, -0.2) is 30.6 Å². The summed E-state index contributed by atoms with van der Waals surface area (Å²) in [5.74, 6) is -1.58. The number of nitrogens with one attached hydrogen (secondary N) is 2. The monoisotopic (exact) mass is 441 g/mol. The Kier molecular flexibility index (Phi) is 5.41. The van der Waals surface area contributed by atoms with Gasteiger partial charge in [0.05, 0.1) is 24.3 Å². The van der Waals surface area contributed by atoms with Gasteiger partial charge in [0.2, 0.25) is 11.8 Å². The van der Waals surface area contributed by atoms with Crippen LogP contribution in [0, 0.1) is 0 Å². The number of amides is 2. The van der Waals surface area contributed by atoms with Crippen molar-refractivity contribution in [1.29, 1.82) is 0 Å². The van der Waals surface area contributed by atoms with Crippen LogP contribution in [0.4, 0.5) is 30.2 Å². The van der Waals surface area contributed by atoms with E-state index in [4.69, 9.17) is 0 Å². The van der Waals surface area contributed by atoms with Gasteiger partial charge in [-0.1, -0.05) is 28.1 Å². The van der Waals surface area contributed by atoms with Gasteiger partial charge in [0.1, 0.15) is 6.04 Å². The number of benzene rings is 2. The van der Waals surface area contributed by atoms with Crippen LogP contribution in [0.5, 0.6) is 0 Å². The van der Waals surface area contributed by atoms with E-state index in [2.05, 4.69) is 26.6 Å². The molecule has 1 heterocycles. The number of hydrogen-bond acceptors (Lipinski definition) is 3. The fraction of sp³-hybridized carbons (Fsp3) is 0.222. The number of hydrogen-bond donors (Lipinski definition) is 2. The molecule has 0 bridgehead atoms. The third kappa shape index (κ3) is 4.41. The highest BCUT2D eigenvalue weighted by Crippen LogP contribution is 2.37. The fourth-order valence-corrected chi connectivity index (χ4v) is 3.09. The van der Waals surface area contributed by atoms with Gasteiger partial charge in [-0.25, -0.2) is 0 Å². The predicted molar refractivity (Wildman–Crippen MR) is 99.6 cm³/mol. The molecule has 0 saturated carbocycles. The molecule has 2 aromatic carbocycles. The van der Waals surface area contributed by atoms with Crippen molar-refractivity contribution >= 4 is 44.8 Å². The molecular weight excluding hydrogens is 427 g/mol. The van der Waals surface area contributed by atoms with Crippen LogP contribution in [-0.2, 0) is 9.59 Å². The Morgan fingerprint density at radius 2 is 1.85 bits per heavy atom. The molecule has 9 heteroatoms. The number of carbonyl (C=O) groups excluding carboxylic acids is 2. The zero-order valence-electron chi connectivity index (χ0n) is 13.9. The minimum Gasteiger partial charge on any atom is -0.376 e. The summed E-state index contributed by atoms with van der Waals surface area (Å²) in [4.78, 5) is 25.3. The largest absolute Gasteiger partial charge is 0.409 e. The molecule has 2 aromatic rings. The molecule has 142 valence electrons. The number of nitrogens with zero attached hydrogens (tertiary/aromatic N) is 1. The minimum absolute atomic E-state index is 0.0216. The van der Waals surface area contributed by atoms with Gasteiger partial charge in [0.15, 0.2) is 0 Å². The van der Waals surface area contributed by atoms with Gasteiger partial charge in [0, 0.05) is 10.2 Å². The summed E-state index contributed by atoms with van der Waals surface area (Å²) in [6, 6.07) is 10.6. The molecule has 5 nitrogen and oxygen atoms in total. The van der Waals surface area contributed by atoms with Crippen LogP contribution in [0.2, 0.25) is 0 Å². The first-order chi connectivity index (χ1) is 12.8. The molecule has 3 rings (SSSR count). The standard InChI is InChI=1S/C18H15BrF3N3O2/c19-11-5-7-12(8-6-11)23-10-17(27)25-14-4-2-1-3-13(14)24-16(26)9-15(25)18(20,21)22/h1-8,15,23H,9-10H2,(H,24,26)/t15-/m1/s1. The predicted octanol–water partition coefficient (Wildman–Crippen LogP) is 4.17. The van der Waals surface area contributed by atoms with Gasteiger partial charge in [-0.3, -0.25) is 14.5 Å². The van der Waals surface area contributed by atoms with E-state index in [1.807, 2.05) is 0 Å². The van der Waals surface area contributed by atoms with E-state index in [0.717, 1.165) is 4.47 Å². The lowest BCUT2D eigenvalue weighted by atomic mass is 10.1. The second-order valence-electron chi connectivity index (χ2n) is 5.95. The van der Waals surface area contributed by atoms with E-state index in [1.54, 1.807) is 30.3 Å². The Morgan fingerprint density at radius 3 is 2.52 bits per heavy atom. The number of para-hydroxylation sites is 2. The molecule has 1 aliphatic heterocycles.